The van der Waals surface area contributed by atoms with Crippen molar-refractivity contribution in [2.45, 2.75) is 6.92 Å². The molecule has 0 aliphatic rings. The molecule has 0 aliphatic heterocycles. The highest BCUT2D eigenvalue weighted by Gasteiger charge is 2.06. The molecule has 3 rings (SSSR count). The van der Waals surface area contributed by atoms with Crippen LogP contribution in [-0.4, -0.2) is 26.8 Å². The molecule has 0 spiro atoms. The average molecular weight is 291 g/mol. The van der Waals surface area contributed by atoms with Crippen LogP contribution >= 0.6 is 0 Å². The molecule has 0 fully saturated rings. The Morgan fingerprint density at radius 1 is 1.05 bits per heavy atom. The van der Waals surface area contributed by atoms with E-state index in [0.29, 0.717) is 12.5 Å². The van der Waals surface area contributed by atoms with Crippen molar-refractivity contribution in [3.8, 4) is 5.69 Å². The summed E-state index contributed by atoms with van der Waals surface area (Å²) in [6, 6.07) is 18.2. The maximum Gasteiger partial charge on any atom is 0.248 e. The van der Waals surface area contributed by atoms with E-state index in [4.69, 9.17) is 0 Å². The molecule has 0 saturated heterocycles. The number of hydrogen-bond acceptors (Lipinski definition) is 4. The Hall–Kier alpha value is -2.95. The molecule has 1 N–H and O–H groups in total. The van der Waals surface area contributed by atoms with Crippen molar-refractivity contribution < 1.29 is 0 Å². The van der Waals surface area contributed by atoms with Gasteiger partial charge in [0.15, 0.2) is 0 Å². The van der Waals surface area contributed by atoms with Crippen LogP contribution in [0, 0.1) is 6.92 Å². The second-order valence-electron chi connectivity index (χ2n) is 4.94. The summed E-state index contributed by atoms with van der Waals surface area (Å²) in [5.74, 6) is 0.626. The van der Waals surface area contributed by atoms with Crippen molar-refractivity contribution in [2.75, 3.05) is 11.9 Å². The number of tetrazole rings is 1. The second kappa shape index (κ2) is 6.67. The minimum atomic E-state index is 0.626. The van der Waals surface area contributed by atoms with Gasteiger partial charge in [-0.15, -0.1) is 0 Å². The third-order valence-corrected chi connectivity index (χ3v) is 3.24. The molecule has 2 aromatic carbocycles. The molecule has 5 nitrogen and oxygen atoms in total. The summed E-state index contributed by atoms with van der Waals surface area (Å²) in [6.07, 6.45) is 4.11. The van der Waals surface area contributed by atoms with Crippen molar-refractivity contribution in [1.29, 1.82) is 0 Å². The molecule has 0 bridgehead atoms. The van der Waals surface area contributed by atoms with Gasteiger partial charge >= 0.3 is 0 Å². The van der Waals surface area contributed by atoms with Crippen LogP contribution < -0.4 is 5.32 Å². The van der Waals surface area contributed by atoms with E-state index in [2.05, 4.69) is 46.0 Å². The Labute approximate surface area is 129 Å². The van der Waals surface area contributed by atoms with Crippen molar-refractivity contribution in [3.63, 3.8) is 0 Å². The van der Waals surface area contributed by atoms with Gasteiger partial charge in [-0.1, -0.05) is 65.3 Å². The van der Waals surface area contributed by atoms with E-state index in [1.165, 1.54) is 11.1 Å². The summed E-state index contributed by atoms with van der Waals surface area (Å²) in [5, 5.41) is 15.0. The Balaban J connectivity index is 1.66. The molecule has 0 unspecified atom stereocenters. The maximum absolute atomic E-state index is 4.02. The number of rotatable bonds is 5. The van der Waals surface area contributed by atoms with Crippen LogP contribution in [-0.2, 0) is 0 Å². The molecule has 1 aromatic heterocycles. The van der Waals surface area contributed by atoms with Gasteiger partial charge in [0.1, 0.15) is 0 Å². The highest BCUT2D eigenvalue weighted by atomic mass is 15.6. The Morgan fingerprint density at radius 2 is 1.82 bits per heavy atom. The van der Waals surface area contributed by atoms with Gasteiger partial charge in [-0.25, -0.2) is 0 Å². The van der Waals surface area contributed by atoms with Crippen LogP contribution in [0.5, 0.6) is 0 Å². The van der Waals surface area contributed by atoms with Gasteiger partial charge in [-0.05, 0) is 35.0 Å². The lowest BCUT2D eigenvalue weighted by Crippen LogP contribution is -2.07. The van der Waals surface area contributed by atoms with Crippen LogP contribution in [0.3, 0.4) is 0 Å². The van der Waals surface area contributed by atoms with Crippen LogP contribution in [0.4, 0.5) is 5.95 Å². The van der Waals surface area contributed by atoms with E-state index >= 15 is 0 Å². The van der Waals surface area contributed by atoms with E-state index in [0.717, 1.165) is 5.69 Å². The Morgan fingerprint density at radius 3 is 2.59 bits per heavy atom. The number of benzene rings is 2. The average Bonchev–Trinajstić information content (AvgIpc) is 3.02. The van der Waals surface area contributed by atoms with Gasteiger partial charge in [0.05, 0.1) is 5.69 Å². The van der Waals surface area contributed by atoms with Gasteiger partial charge in [0.25, 0.3) is 0 Å². The molecule has 5 heteroatoms. The zero-order chi connectivity index (χ0) is 15.2. The number of aryl methyl sites for hydroxylation is 1. The molecule has 0 atom stereocenters. The van der Waals surface area contributed by atoms with E-state index in [1.807, 2.05) is 48.5 Å². The highest BCUT2D eigenvalue weighted by Crippen LogP contribution is 2.12. The van der Waals surface area contributed by atoms with Crippen molar-refractivity contribution in [1.82, 2.24) is 20.2 Å². The van der Waals surface area contributed by atoms with E-state index in [-0.39, 0.29) is 0 Å². The van der Waals surface area contributed by atoms with Crippen LogP contribution in [0.2, 0.25) is 0 Å². The Kier molecular flexibility index (Phi) is 4.25. The first-order valence-corrected chi connectivity index (χ1v) is 7.14. The lowest BCUT2D eigenvalue weighted by atomic mass is 10.2. The summed E-state index contributed by atoms with van der Waals surface area (Å²) < 4.78 is 1.69. The van der Waals surface area contributed by atoms with Gasteiger partial charge in [0.2, 0.25) is 5.95 Å². The smallest absolute Gasteiger partial charge is 0.248 e. The standard InChI is InChI=1S/C17H17N5/c1-14-9-11-16(12-10-14)22-17(19-20-21-22)18-13-5-8-15-6-3-2-4-7-15/h2-12H,13H2,1H3,(H,18,19,21)/b8-5+. The molecule has 22 heavy (non-hydrogen) atoms. The monoisotopic (exact) mass is 291 g/mol. The maximum atomic E-state index is 4.02. The first-order chi connectivity index (χ1) is 10.8. The zero-order valence-electron chi connectivity index (χ0n) is 12.3. The minimum absolute atomic E-state index is 0.626. The first-order valence-electron chi connectivity index (χ1n) is 7.14. The third kappa shape index (κ3) is 3.38. The van der Waals surface area contributed by atoms with Crippen molar-refractivity contribution in [2.24, 2.45) is 0 Å². The summed E-state index contributed by atoms with van der Waals surface area (Å²) in [4.78, 5) is 0. The number of nitrogens with zero attached hydrogens (tertiary/aromatic N) is 4. The highest BCUT2D eigenvalue weighted by molar-refractivity contribution is 5.49. The fraction of sp³-hybridized carbons (Fsp3) is 0.118. The van der Waals surface area contributed by atoms with E-state index in [9.17, 15) is 0 Å². The topological polar surface area (TPSA) is 55.6 Å². The van der Waals surface area contributed by atoms with Crippen molar-refractivity contribution in [3.05, 3.63) is 71.8 Å². The van der Waals surface area contributed by atoms with Crippen LogP contribution in [0.1, 0.15) is 11.1 Å². The summed E-state index contributed by atoms with van der Waals surface area (Å²) in [5.41, 5.74) is 3.31. The molecule has 1 heterocycles. The van der Waals surface area contributed by atoms with Crippen molar-refractivity contribution >= 4 is 12.0 Å². The fourth-order valence-corrected chi connectivity index (χ4v) is 2.07. The normalized spacial score (nSPS) is 11.0. The molecule has 3 aromatic rings. The molecule has 0 radical (unpaired) electrons. The second-order valence-corrected chi connectivity index (χ2v) is 4.94. The molecule has 0 saturated carbocycles. The van der Waals surface area contributed by atoms with E-state index < -0.39 is 0 Å². The molecular weight excluding hydrogens is 274 g/mol. The van der Waals surface area contributed by atoms with Crippen LogP contribution in [0.15, 0.2) is 60.7 Å². The first kappa shape index (κ1) is 14.0. The molecule has 0 amide bonds. The number of anilines is 1. The van der Waals surface area contributed by atoms with Crippen LogP contribution in [0.25, 0.3) is 11.8 Å². The summed E-state index contributed by atoms with van der Waals surface area (Å²) >= 11 is 0. The van der Waals surface area contributed by atoms with Gasteiger partial charge < -0.3 is 5.32 Å². The minimum Gasteiger partial charge on any atom is -0.349 e. The SMILES string of the molecule is Cc1ccc(-n2nnnc2NC/C=C/c2ccccc2)cc1. The predicted molar refractivity (Wildman–Crippen MR) is 87.9 cm³/mol. The van der Waals surface area contributed by atoms with E-state index in [1.54, 1.807) is 4.68 Å². The van der Waals surface area contributed by atoms with Gasteiger partial charge in [-0.3, -0.25) is 0 Å². The number of nitrogens with one attached hydrogen (secondary N) is 1. The number of hydrogen-bond donors (Lipinski definition) is 1. The molecular formula is C17H17N5. The lowest BCUT2D eigenvalue weighted by Gasteiger charge is -2.05. The molecule has 0 aliphatic carbocycles. The third-order valence-electron chi connectivity index (χ3n) is 3.24. The summed E-state index contributed by atoms with van der Waals surface area (Å²) in [7, 11) is 0. The zero-order valence-corrected chi connectivity index (χ0v) is 12.3. The summed E-state index contributed by atoms with van der Waals surface area (Å²) in [6.45, 7) is 2.71. The van der Waals surface area contributed by atoms with Gasteiger partial charge in [0, 0.05) is 6.54 Å². The quantitative estimate of drug-likeness (QED) is 0.785. The van der Waals surface area contributed by atoms with Gasteiger partial charge in [-0.2, -0.15) is 4.68 Å². The number of aromatic nitrogens is 4. The lowest BCUT2D eigenvalue weighted by molar-refractivity contribution is 0.790. The largest absolute Gasteiger partial charge is 0.349 e. The molecule has 110 valence electrons. The fourth-order valence-electron chi connectivity index (χ4n) is 2.07. The Bertz CT molecular complexity index is 744. The predicted octanol–water partition coefficient (Wildman–Crippen LogP) is 3.10.